The number of likely N-dealkylation sites (N-methyl/N-ethyl adjacent to an activating group) is 2. The highest BCUT2D eigenvalue weighted by Crippen LogP contribution is 2.18. The Labute approximate surface area is 128 Å². The molecule has 0 aromatic carbocycles. The van der Waals surface area contributed by atoms with Crippen molar-refractivity contribution in [3.8, 4) is 11.4 Å². The summed E-state index contributed by atoms with van der Waals surface area (Å²) >= 11 is 1.59. The summed E-state index contributed by atoms with van der Waals surface area (Å²) in [6.07, 6.45) is 0. The molecule has 2 aromatic heterocycles. The summed E-state index contributed by atoms with van der Waals surface area (Å²) < 4.78 is 5.23. The molecule has 0 saturated heterocycles. The second kappa shape index (κ2) is 7.33. The molecule has 2 heterocycles. The zero-order valence-corrected chi connectivity index (χ0v) is 13.4. The lowest BCUT2D eigenvalue weighted by Crippen LogP contribution is -2.38. The summed E-state index contributed by atoms with van der Waals surface area (Å²) in [5.74, 6) is 1.22. The van der Waals surface area contributed by atoms with E-state index in [4.69, 9.17) is 4.52 Å². The minimum Gasteiger partial charge on any atom is -0.342 e. The molecular formula is C14H20N4O2S. The van der Waals surface area contributed by atoms with Crippen molar-refractivity contribution in [2.75, 3.05) is 26.7 Å². The average Bonchev–Trinajstić information content (AvgIpc) is 3.10. The number of thiophene rings is 1. The highest BCUT2D eigenvalue weighted by Gasteiger charge is 2.15. The molecule has 0 radical (unpaired) electrons. The summed E-state index contributed by atoms with van der Waals surface area (Å²) in [4.78, 5) is 20.1. The second-order valence-corrected chi connectivity index (χ2v) is 5.54. The fraction of sp³-hybridized carbons (Fsp3) is 0.500. The van der Waals surface area contributed by atoms with Crippen LogP contribution in [0.5, 0.6) is 0 Å². The van der Waals surface area contributed by atoms with Crippen molar-refractivity contribution in [1.82, 2.24) is 19.9 Å². The van der Waals surface area contributed by atoms with Crippen LogP contribution in [0.2, 0.25) is 0 Å². The lowest BCUT2D eigenvalue weighted by molar-refractivity contribution is -0.131. The molecule has 2 aromatic rings. The first-order valence-electron chi connectivity index (χ1n) is 6.95. The van der Waals surface area contributed by atoms with Crippen molar-refractivity contribution in [1.29, 1.82) is 0 Å². The van der Waals surface area contributed by atoms with Crippen LogP contribution in [0.1, 0.15) is 19.7 Å². The van der Waals surface area contributed by atoms with Gasteiger partial charge in [0.15, 0.2) is 0 Å². The second-order valence-electron chi connectivity index (χ2n) is 4.76. The third kappa shape index (κ3) is 4.12. The first-order valence-corrected chi connectivity index (χ1v) is 7.89. The average molecular weight is 308 g/mol. The summed E-state index contributed by atoms with van der Waals surface area (Å²) in [6.45, 7) is 6.22. The molecular weight excluding hydrogens is 288 g/mol. The third-order valence-corrected chi connectivity index (χ3v) is 3.86. The number of rotatable bonds is 7. The van der Waals surface area contributed by atoms with Crippen LogP contribution in [0, 0.1) is 0 Å². The number of carbonyl (C=O) groups is 1. The van der Waals surface area contributed by atoms with Crippen molar-refractivity contribution in [3.63, 3.8) is 0 Å². The standard InChI is InChI=1S/C14H20N4O2S/c1-4-18(5-2)13(19)9-17(3)8-12-15-14(16-20-12)11-6-7-21-10-11/h6-7,10H,4-5,8-9H2,1-3H3. The zero-order valence-electron chi connectivity index (χ0n) is 12.6. The van der Waals surface area contributed by atoms with E-state index in [1.807, 2.05) is 42.6 Å². The van der Waals surface area contributed by atoms with Gasteiger partial charge < -0.3 is 9.42 Å². The number of nitrogens with zero attached hydrogens (tertiary/aromatic N) is 4. The smallest absolute Gasteiger partial charge is 0.241 e. The predicted octanol–water partition coefficient (Wildman–Crippen LogP) is 2.10. The van der Waals surface area contributed by atoms with Gasteiger partial charge in [-0.1, -0.05) is 5.16 Å². The molecule has 0 fully saturated rings. The summed E-state index contributed by atoms with van der Waals surface area (Å²) in [5.41, 5.74) is 0.955. The van der Waals surface area contributed by atoms with Crippen LogP contribution in [0.3, 0.4) is 0 Å². The van der Waals surface area contributed by atoms with Crippen LogP contribution >= 0.6 is 11.3 Å². The Morgan fingerprint density at radius 3 is 2.76 bits per heavy atom. The fourth-order valence-corrected chi connectivity index (χ4v) is 2.66. The normalized spacial score (nSPS) is 11.0. The van der Waals surface area contributed by atoms with Crippen LogP contribution in [-0.4, -0.2) is 52.5 Å². The van der Waals surface area contributed by atoms with Gasteiger partial charge in [-0.3, -0.25) is 9.69 Å². The topological polar surface area (TPSA) is 62.5 Å². The summed E-state index contributed by atoms with van der Waals surface area (Å²) in [6, 6.07) is 1.95. The van der Waals surface area contributed by atoms with E-state index in [-0.39, 0.29) is 5.91 Å². The van der Waals surface area contributed by atoms with Crippen molar-refractivity contribution in [3.05, 3.63) is 22.7 Å². The number of hydrogen-bond acceptors (Lipinski definition) is 6. The van der Waals surface area contributed by atoms with Crippen LogP contribution in [0.4, 0.5) is 0 Å². The molecule has 21 heavy (non-hydrogen) atoms. The van der Waals surface area contributed by atoms with Crippen molar-refractivity contribution in [2.24, 2.45) is 0 Å². The van der Waals surface area contributed by atoms with E-state index >= 15 is 0 Å². The van der Waals surface area contributed by atoms with E-state index < -0.39 is 0 Å². The molecule has 1 amide bonds. The van der Waals surface area contributed by atoms with Gasteiger partial charge in [-0.25, -0.2) is 0 Å². The molecule has 0 atom stereocenters. The molecule has 114 valence electrons. The molecule has 0 aliphatic rings. The van der Waals surface area contributed by atoms with Crippen LogP contribution < -0.4 is 0 Å². The molecule has 0 spiro atoms. The van der Waals surface area contributed by atoms with Crippen molar-refractivity contribution in [2.45, 2.75) is 20.4 Å². The Kier molecular flexibility index (Phi) is 5.46. The number of amides is 1. The maximum atomic E-state index is 12.0. The van der Waals surface area contributed by atoms with Crippen molar-refractivity contribution < 1.29 is 9.32 Å². The first kappa shape index (κ1) is 15.7. The molecule has 0 bridgehead atoms. The van der Waals surface area contributed by atoms with Crippen LogP contribution in [0.15, 0.2) is 21.3 Å². The van der Waals surface area contributed by atoms with E-state index in [2.05, 4.69) is 10.1 Å². The maximum absolute atomic E-state index is 12.0. The van der Waals surface area contributed by atoms with E-state index in [9.17, 15) is 4.79 Å². The molecule has 2 rings (SSSR count). The maximum Gasteiger partial charge on any atom is 0.241 e. The fourth-order valence-electron chi connectivity index (χ4n) is 2.02. The van der Waals surface area contributed by atoms with Gasteiger partial charge in [-0.05, 0) is 32.3 Å². The SMILES string of the molecule is CCN(CC)C(=O)CN(C)Cc1nc(-c2ccsc2)no1. The highest BCUT2D eigenvalue weighted by atomic mass is 32.1. The monoisotopic (exact) mass is 308 g/mol. The van der Waals surface area contributed by atoms with Gasteiger partial charge >= 0.3 is 0 Å². The molecule has 6 nitrogen and oxygen atoms in total. The van der Waals surface area contributed by atoms with Gasteiger partial charge in [0, 0.05) is 24.0 Å². The lowest BCUT2D eigenvalue weighted by Gasteiger charge is -2.22. The Bertz CT molecular complexity index is 563. The van der Waals surface area contributed by atoms with Gasteiger partial charge in [-0.15, -0.1) is 0 Å². The minimum absolute atomic E-state index is 0.111. The molecule has 7 heteroatoms. The largest absolute Gasteiger partial charge is 0.342 e. The quantitative estimate of drug-likeness (QED) is 0.784. The molecule has 0 aliphatic heterocycles. The molecule has 0 saturated carbocycles. The molecule has 0 unspecified atom stereocenters. The van der Waals surface area contributed by atoms with Crippen LogP contribution in [-0.2, 0) is 11.3 Å². The van der Waals surface area contributed by atoms with Crippen molar-refractivity contribution >= 4 is 17.2 Å². The Hall–Kier alpha value is -1.73. The van der Waals surface area contributed by atoms with E-state index in [0.29, 0.717) is 24.8 Å². The third-order valence-electron chi connectivity index (χ3n) is 3.17. The minimum atomic E-state index is 0.111. The number of carbonyl (C=O) groups excluding carboxylic acids is 1. The summed E-state index contributed by atoms with van der Waals surface area (Å²) in [7, 11) is 1.87. The first-order chi connectivity index (χ1) is 10.1. The predicted molar refractivity (Wildman–Crippen MR) is 81.9 cm³/mol. The van der Waals surface area contributed by atoms with Crippen LogP contribution in [0.25, 0.3) is 11.4 Å². The lowest BCUT2D eigenvalue weighted by atomic mass is 10.3. The van der Waals surface area contributed by atoms with E-state index in [0.717, 1.165) is 18.7 Å². The van der Waals surface area contributed by atoms with Gasteiger partial charge in [0.05, 0.1) is 13.1 Å². The van der Waals surface area contributed by atoms with Gasteiger partial charge in [0.25, 0.3) is 0 Å². The molecule has 0 N–H and O–H groups in total. The van der Waals surface area contributed by atoms with E-state index in [1.54, 1.807) is 16.2 Å². The Morgan fingerprint density at radius 1 is 1.38 bits per heavy atom. The van der Waals surface area contributed by atoms with E-state index in [1.165, 1.54) is 0 Å². The van der Waals surface area contributed by atoms with Gasteiger partial charge in [0.2, 0.25) is 17.6 Å². The highest BCUT2D eigenvalue weighted by molar-refractivity contribution is 7.08. The van der Waals surface area contributed by atoms with Gasteiger partial charge in [0.1, 0.15) is 0 Å². The number of hydrogen-bond donors (Lipinski definition) is 0. The Morgan fingerprint density at radius 2 is 2.14 bits per heavy atom. The summed E-state index contributed by atoms with van der Waals surface area (Å²) in [5, 5.41) is 7.90. The van der Waals surface area contributed by atoms with Gasteiger partial charge in [-0.2, -0.15) is 16.3 Å². The zero-order chi connectivity index (χ0) is 15.2. The Balaban J connectivity index is 1.91. The molecule has 0 aliphatic carbocycles. The number of aromatic nitrogens is 2.